The standard InChI is InChI=1S/C6H7F3N4/c1-11-5-12-3(6(7,8)9)2-4(10)13-5/h2H,1H3,(H3,10,11,12,13). The summed E-state index contributed by atoms with van der Waals surface area (Å²) < 4.78 is 36.3. The average molecular weight is 192 g/mol. The van der Waals surface area contributed by atoms with Gasteiger partial charge in [-0.2, -0.15) is 18.2 Å². The normalized spacial score (nSPS) is 11.4. The summed E-state index contributed by atoms with van der Waals surface area (Å²) in [4.78, 5) is 6.72. The van der Waals surface area contributed by atoms with Crippen LogP contribution in [0.2, 0.25) is 0 Å². The van der Waals surface area contributed by atoms with Gasteiger partial charge in [-0.05, 0) is 0 Å². The van der Waals surface area contributed by atoms with Crippen LogP contribution in [-0.4, -0.2) is 17.0 Å². The third-order valence-corrected chi connectivity index (χ3v) is 1.26. The molecule has 0 fully saturated rings. The Bertz CT molecular complexity index is 309. The number of anilines is 2. The summed E-state index contributed by atoms with van der Waals surface area (Å²) in [5, 5.41) is 2.38. The number of aromatic nitrogens is 2. The highest BCUT2D eigenvalue weighted by molar-refractivity contribution is 5.38. The summed E-state index contributed by atoms with van der Waals surface area (Å²) in [5.74, 6) is -0.362. The minimum Gasteiger partial charge on any atom is -0.384 e. The summed E-state index contributed by atoms with van der Waals surface area (Å²) in [6.45, 7) is 0. The van der Waals surface area contributed by atoms with Crippen LogP contribution in [0.1, 0.15) is 5.69 Å². The van der Waals surface area contributed by atoms with Gasteiger partial charge in [0.2, 0.25) is 5.95 Å². The van der Waals surface area contributed by atoms with E-state index in [0.717, 1.165) is 0 Å². The van der Waals surface area contributed by atoms with E-state index in [-0.39, 0.29) is 11.8 Å². The summed E-state index contributed by atoms with van der Waals surface area (Å²) in [6.07, 6.45) is -4.50. The van der Waals surface area contributed by atoms with Gasteiger partial charge in [-0.1, -0.05) is 0 Å². The first kappa shape index (κ1) is 9.56. The molecule has 0 unspecified atom stereocenters. The molecule has 0 aliphatic rings. The summed E-state index contributed by atoms with van der Waals surface area (Å²) in [5.41, 5.74) is 4.09. The molecule has 7 heteroatoms. The molecule has 0 spiro atoms. The second kappa shape index (κ2) is 3.08. The molecule has 1 rings (SSSR count). The lowest BCUT2D eigenvalue weighted by atomic mass is 10.4. The number of alkyl halides is 3. The molecule has 0 saturated carbocycles. The van der Waals surface area contributed by atoms with E-state index in [0.29, 0.717) is 6.07 Å². The van der Waals surface area contributed by atoms with Crippen molar-refractivity contribution in [3.63, 3.8) is 0 Å². The molecule has 0 bridgehead atoms. The van der Waals surface area contributed by atoms with E-state index in [4.69, 9.17) is 5.73 Å². The van der Waals surface area contributed by atoms with Crippen molar-refractivity contribution in [1.29, 1.82) is 0 Å². The van der Waals surface area contributed by atoms with Crippen LogP contribution in [-0.2, 0) is 6.18 Å². The number of nitrogens with zero attached hydrogens (tertiary/aromatic N) is 2. The van der Waals surface area contributed by atoms with Gasteiger partial charge >= 0.3 is 6.18 Å². The molecule has 0 amide bonds. The zero-order valence-corrected chi connectivity index (χ0v) is 6.68. The number of hydrogen-bond acceptors (Lipinski definition) is 4. The Morgan fingerprint density at radius 1 is 1.38 bits per heavy atom. The third-order valence-electron chi connectivity index (χ3n) is 1.26. The summed E-state index contributed by atoms with van der Waals surface area (Å²) in [6, 6.07) is 0.681. The van der Waals surface area contributed by atoms with Gasteiger partial charge in [0.1, 0.15) is 5.82 Å². The molecule has 13 heavy (non-hydrogen) atoms. The predicted octanol–water partition coefficient (Wildman–Crippen LogP) is 1.12. The molecule has 1 heterocycles. The average Bonchev–Trinajstić information content (AvgIpc) is 2.01. The van der Waals surface area contributed by atoms with E-state index in [1.165, 1.54) is 7.05 Å². The van der Waals surface area contributed by atoms with Crippen LogP contribution in [0.3, 0.4) is 0 Å². The number of rotatable bonds is 1. The molecule has 1 aromatic rings. The molecular weight excluding hydrogens is 185 g/mol. The van der Waals surface area contributed by atoms with Gasteiger partial charge in [-0.3, -0.25) is 0 Å². The number of hydrogen-bond donors (Lipinski definition) is 2. The molecule has 0 aliphatic carbocycles. The lowest BCUT2D eigenvalue weighted by Crippen LogP contribution is -2.11. The quantitative estimate of drug-likeness (QED) is 0.699. The van der Waals surface area contributed by atoms with Crippen LogP contribution in [0.5, 0.6) is 0 Å². The number of nitrogen functional groups attached to an aromatic ring is 1. The first-order valence-corrected chi connectivity index (χ1v) is 3.33. The molecule has 1 aromatic heterocycles. The van der Waals surface area contributed by atoms with E-state index in [1.807, 2.05) is 0 Å². The van der Waals surface area contributed by atoms with Crippen molar-refractivity contribution in [2.75, 3.05) is 18.1 Å². The molecule has 0 saturated heterocycles. The van der Waals surface area contributed by atoms with Gasteiger partial charge < -0.3 is 11.1 Å². The Hall–Kier alpha value is -1.53. The number of nitrogens with two attached hydrogens (primary N) is 1. The van der Waals surface area contributed by atoms with Crippen molar-refractivity contribution in [3.05, 3.63) is 11.8 Å². The first-order valence-electron chi connectivity index (χ1n) is 3.33. The number of halogens is 3. The van der Waals surface area contributed by atoms with Crippen LogP contribution in [0.4, 0.5) is 24.9 Å². The second-order valence-corrected chi connectivity index (χ2v) is 2.25. The highest BCUT2D eigenvalue weighted by Crippen LogP contribution is 2.28. The Balaban J connectivity index is 3.16. The Morgan fingerprint density at radius 2 is 2.00 bits per heavy atom. The molecule has 4 nitrogen and oxygen atoms in total. The van der Waals surface area contributed by atoms with E-state index >= 15 is 0 Å². The summed E-state index contributed by atoms with van der Waals surface area (Å²) >= 11 is 0. The Morgan fingerprint density at radius 3 is 2.46 bits per heavy atom. The first-order chi connectivity index (χ1) is 5.93. The Labute approximate surface area is 72.0 Å². The van der Waals surface area contributed by atoms with Crippen LogP contribution < -0.4 is 11.1 Å². The lowest BCUT2D eigenvalue weighted by molar-refractivity contribution is -0.141. The van der Waals surface area contributed by atoms with Crippen LogP contribution >= 0.6 is 0 Å². The van der Waals surface area contributed by atoms with Crippen LogP contribution in [0.15, 0.2) is 6.07 Å². The maximum atomic E-state index is 12.1. The van der Waals surface area contributed by atoms with Crippen LogP contribution in [0, 0.1) is 0 Å². The molecule has 72 valence electrons. The SMILES string of the molecule is CNc1nc(N)cc(C(F)(F)F)n1. The minimum absolute atomic E-state index is 0.146. The highest BCUT2D eigenvalue weighted by atomic mass is 19.4. The van der Waals surface area contributed by atoms with E-state index < -0.39 is 11.9 Å². The van der Waals surface area contributed by atoms with Crippen molar-refractivity contribution in [1.82, 2.24) is 9.97 Å². The predicted molar refractivity (Wildman–Crippen MR) is 41.0 cm³/mol. The molecule has 0 aliphatic heterocycles. The van der Waals surface area contributed by atoms with Gasteiger partial charge in [-0.15, -0.1) is 0 Å². The summed E-state index contributed by atoms with van der Waals surface area (Å²) in [7, 11) is 1.41. The minimum atomic E-state index is -4.50. The topological polar surface area (TPSA) is 63.8 Å². The van der Waals surface area contributed by atoms with Gasteiger partial charge in [0, 0.05) is 13.1 Å². The zero-order chi connectivity index (χ0) is 10.1. The molecule has 0 radical (unpaired) electrons. The Kier molecular flexibility index (Phi) is 2.26. The monoisotopic (exact) mass is 192 g/mol. The maximum absolute atomic E-state index is 12.1. The van der Waals surface area contributed by atoms with E-state index in [2.05, 4.69) is 15.3 Å². The second-order valence-electron chi connectivity index (χ2n) is 2.25. The fourth-order valence-electron chi connectivity index (χ4n) is 0.723. The fraction of sp³-hybridized carbons (Fsp3) is 0.333. The smallest absolute Gasteiger partial charge is 0.384 e. The van der Waals surface area contributed by atoms with E-state index in [1.54, 1.807) is 0 Å². The van der Waals surface area contributed by atoms with Crippen molar-refractivity contribution in [3.8, 4) is 0 Å². The van der Waals surface area contributed by atoms with Gasteiger partial charge in [0.15, 0.2) is 5.69 Å². The fourth-order valence-corrected chi connectivity index (χ4v) is 0.723. The largest absolute Gasteiger partial charge is 0.433 e. The third kappa shape index (κ3) is 2.20. The van der Waals surface area contributed by atoms with Gasteiger partial charge in [0.05, 0.1) is 0 Å². The molecular formula is C6H7F3N4. The molecule has 3 N–H and O–H groups in total. The lowest BCUT2D eigenvalue weighted by Gasteiger charge is -2.07. The van der Waals surface area contributed by atoms with Crippen molar-refractivity contribution < 1.29 is 13.2 Å². The zero-order valence-electron chi connectivity index (χ0n) is 6.68. The van der Waals surface area contributed by atoms with Gasteiger partial charge in [-0.25, -0.2) is 4.98 Å². The highest BCUT2D eigenvalue weighted by Gasteiger charge is 2.33. The van der Waals surface area contributed by atoms with Crippen molar-refractivity contribution >= 4 is 11.8 Å². The molecule has 0 atom stereocenters. The van der Waals surface area contributed by atoms with Crippen LogP contribution in [0.25, 0.3) is 0 Å². The van der Waals surface area contributed by atoms with E-state index in [9.17, 15) is 13.2 Å². The van der Waals surface area contributed by atoms with Gasteiger partial charge in [0.25, 0.3) is 0 Å². The van der Waals surface area contributed by atoms with Crippen molar-refractivity contribution in [2.24, 2.45) is 0 Å². The maximum Gasteiger partial charge on any atom is 0.433 e. The van der Waals surface area contributed by atoms with Crippen molar-refractivity contribution in [2.45, 2.75) is 6.18 Å². The number of nitrogens with one attached hydrogen (secondary N) is 1. The molecule has 0 aromatic carbocycles.